The van der Waals surface area contributed by atoms with Crippen molar-refractivity contribution >= 4 is 10.0 Å². The van der Waals surface area contributed by atoms with E-state index in [-0.39, 0.29) is 11.5 Å². The van der Waals surface area contributed by atoms with E-state index in [1.165, 1.54) is 18.5 Å². The first-order valence-electron chi connectivity index (χ1n) is 8.18. The van der Waals surface area contributed by atoms with Gasteiger partial charge in [0.2, 0.25) is 10.0 Å². The Hall–Kier alpha value is -0.990. The Balaban J connectivity index is 2.46. The van der Waals surface area contributed by atoms with Crippen LogP contribution in [-0.4, -0.2) is 57.0 Å². The molecule has 1 atom stereocenters. The van der Waals surface area contributed by atoms with Crippen molar-refractivity contribution in [3.05, 3.63) is 29.8 Å². The molecule has 24 heavy (non-hydrogen) atoms. The number of benzene rings is 1. The van der Waals surface area contributed by atoms with Gasteiger partial charge in [0.15, 0.2) is 6.29 Å². The molecule has 1 heterocycles. The van der Waals surface area contributed by atoms with E-state index in [4.69, 9.17) is 9.47 Å². The Bertz CT molecular complexity index is 627. The molecule has 1 saturated heterocycles. The first kappa shape index (κ1) is 19.3. The normalized spacial score (nSPS) is 22.4. The predicted octanol–water partition coefficient (Wildman–Crippen LogP) is 1.91. The quantitative estimate of drug-likeness (QED) is 0.719. The van der Waals surface area contributed by atoms with Crippen molar-refractivity contribution in [2.75, 3.05) is 27.4 Å². The molecule has 136 valence electrons. The van der Waals surface area contributed by atoms with Gasteiger partial charge in [0, 0.05) is 27.4 Å². The Morgan fingerprint density at radius 3 is 2.42 bits per heavy atom. The van der Waals surface area contributed by atoms with Crippen LogP contribution < -0.4 is 0 Å². The molecule has 7 heteroatoms. The maximum absolute atomic E-state index is 13.2. The molecule has 1 fully saturated rings. The molecule has 0 saturated carbocycles. The summed E-state index contributed by atoms with van der Waals surface area (Å²) in [5.74, 6) is 0. The minimum atomic E-state index is -3.67. The zero-order chi connectivity index (χ0) is 17.8. The zero-order valence-corrected chi connectivity index (χ0v) is 15.4. The van der Waals surface area contributed by atoms with E-state index in [2.05, 4.69) is 0 Å². The van der Waals surface area contributed by atoms with Gasteiger partial charge >= 0.3 is 0 Å². The summed E-state index contributed by atoms with van der Waals surface area (Å²) in [5, 5.41) is 9.26. The summed E-state index contributed by atoms with van der Waals surface area (Å²) in [5.41, 5.74) is 0.212. The third-order valence-electron chi connectivity index (χ3n) is 4.71. The molecule has 1 aromatic carbocycles. The van der Waals surface area contributed by atoms with Crippen LogP contribution in [0.25, 0.3) is 0 Å². The average Bonchev–Trinajstić information content (AvgIpc) is 3.00. The van der Waals surface area contributed by atoms with E-state index >= 15 is 0 Å². The van der Waals surface area contributed by atoms with Crippen molar-refractivity contribution < 1.29 is 23.0 Å². The monoisotopic (exact) mass is 357 g/mol. The van der Waals surface area contributed by atoms with Crippen LogP contribution in [0.15, 0.2) is 29.2 Å². The van der Waals surface area contributed by atoms with Crippen molar-refractivity contribution in [1.29, 1.82) is 0 Å². The lowest BCUT2D eigenvalue weighted by molar-refractivity contribution is -0.170. The van der Waals surface area contributed by atoms with Crippen LogP contribution in [0.3, 0.4) is 0 Å². The largest absolute Gasteiger partial charge is 0.396 e. The van der Waals surface area contributed by atoms with Crippen molar-refractivity contribution in [3.8, 4) is 0 Å². The molecule has 1 aliphatic rings. The topological polar surface area (TPSA) is 76.1 Å². The highest BCUT2D eigenvalue weighted by atomic mass is 32.2. The van der Waals surface area contributed by atoms with Crippen LogP contribution in [0.2, 0.25) is 0 Å². The van der Waals surface area contributed by atoms with E-state index in [0.29, 0.717) is 25.8 Å². The SMILES string of the molecule is COC(OC)C1(CCCO)CCCN1S(=O)(=O)c1ccc(C)cc1. The molecule has 0 spiro atoms. The molecule has 1 unspecified atom stereocenters. The number of nitrogens with zero attached hydrogens (tertiary/aromatic N) is 1. The molecular formula is C17H27NO5S. The molecule has 1 aromatic rings. The van der Waals surface area contributed by atoms with Crippen molar-refractivity contribution in [2.24, 2.45) is 0 Å². The van der Waals surface area contributed by atoms with Crippen LogP contribution in [0.5, 0.6) is 0 Å². The fraction of sp³-hybridized carbons (Fsp3) is 0.647. The number of aliphatic hydroxyl groups is 1. The number of aliphatic hydroxyl groups excluding tert-OH is 1. The summed E-state index contributed by atoms with van der Waals surface area (Å²) in [4.78, 5) is 0.273. The fourth-order valence-electron chi connectivity index (χ4n) is 3.60. The predicted molar refractivity (Wildman–Crippen MR) is 91.2 cm³/mol. The number of aryl methyl sites for hydroxylation is 1. The fourth-order valence-corrected chi connectivity index (χ4v) is 5.45. The standard InChI is InChI=1S/C17H27NO5S/c1-14-6-8-15(9-7-14)24(20,21)18-12-4-10-17(18,11-5-13-19)16(22-2)23-3/h6-9,16,19H,4-5,10-13H2,1-3H3. The van der Waals surface area contributed by atoms with E-state index < -0.39 is 21.9 Å². The third-order valence-corrected chi connectivity index (χ3v) is 6.71. The first-order chi connectivity index (χ1) is 11.4. The molecule has 0 radical (unpaired) electrons. The average molecular weight is 357 g/mol. The van der Waals surface area contributed by atoms with E-state index in [1.807, 2.05) is 6.92 Å². The van der Waals surface area contributed by atoms with Gasteiger partial charge in [-0.05, 0) is 44.7 Å². The summed E-state index contributed by atoms with van der Waals surface area (Å²) in [6, 6.07) is 6.85. The lowest BCUT2D eigenvalue weighted by Crippen LogP contribution is -2.56. The zero-order valence-electron chi connectivity index (χ0n) is 14.6. The Kier molecular flexibility index (Phi) is 6.39. The van der Waals surface area contributed by atoms with Gasteiger partial charge in [-0.15, -0.1) is 0 Å². The van der Waals surface area contributed by atoms with Crippen LogP contribution in [-0.2, 0) is 19.5 Å². The Morgan fingerprint density at radius 2 is 1.88 bits per heavy atom. The number of rotatable bonds is 8. The molecule has 1 aliphatic heterocycles. The lowest BCUT2D eigenvalue weighted by atomic mass is 9.90. The summed E-state index contributed by atoms with van der Waals surface area (Å²) in [7, 11) is -0.632. The molecule has 1 N–H and O–H groups in total. The van der Waals surface area contributed by atoms with Crippen LogP contribution in [0, 0.1) is 6.92 Å². The van der Waals surface area contributed by atoms with Gasteiger partial charge in [0.25, 0.3) is 0 Å². The molecule has 0 aromatic heterocycles. The molecule has 0 bridgehead atoms. The van der Waals surface area contributed by atoms with Gasteiger partial charge in [0.05, 0.1) is 10.4 Å². The van der Waals surface area contributed by atoms with Crippen molar-refractivity contribution in [2.45, 2.75) is 49.3 Å². The van der Waals surface area contributed by atoms with Gasteiger partial charge in [0.1, 0.15) is 0 Å². The highest BCUT2D eigenvalue weighted by Gasteiger charge is 2.52. The minimum Gasteiger partial charge on any atom is -0.396 e. The number of hydrogen-bond acceptors (Lipinski definition) is 5. The smallest absolute Gasteiger partial charge is 0.243 e. The van der Waals surface area contributed by atoms with Gasteiger partial charge in [-0.1, -0.05) is 17.7 Å². The summed E-state index contributed by atoms with van der Waals surface area (Å²) >= 11 is 0. The molecule has 0 amide bonds. The summed E-state index contributed by atoms with van der Waals surface area (Å²) in [6.07, 6.45) is 1.68. The van der Waals surface area contributed by atoms with Gasteiger partial charge in [-0.25, -0.2) is 8.42 Å². The van der Waals surface area contributed by atoms with Gasteiger partial charge < -0.3 is 14.6 Å². The highest BCUT2D eigenvalue weighted by molar-refractivity contribution is 7.89. The number of sulfonamides is 1. The number of hydrogen-bond donors (Lipinski definition) is 1. The van der Waals surface area contributed by atoms with Crippen LogP contribution in [0.1, 0.15) is 31.2 Å². The first-order valence-corrected chi connectivity index (χ1v) is 9.62. The van der Waals surface area contributed by atoms with Gasteiger partial charge in [-0.2, -0.15) is 4.31 Å². The van der Waals surface area contributed by atoms with E-state index in [1.54, 1.807) is 24.3 Å². The van der Waals surface area contributed by atoms with Crippen molar-refractivity contribution in [1.82, 2.24) is 4.31 Å². The number of ether oxygens (including phenoxy) is 2. The summed E-state index contributed by atoms with van der Waals surface area (Å²) < 4.78 is 38.8. The van der Waals surface area contributed by atoms with Gasteiger partial charge in [-0.3, -0.25) is 0 Å². The second-order valence-electron chi connectivity index (χ2n) is 6.23. The van der Waals surface area contributed by atoms with Crippen molar-refractivity contribution in [3.63, 3.8) is 0 Å². The molecular weight excluding hydrogens is 330 g/mol. The summed E-state index contributed by atoms with van der Waals surface area (Å²) in [6.45, 7) is 2.34. The Morgan fingerprint density at radius 1 is 1.25 bits per heavy atom. The maximum Gasteiger partial charge on any atom is 0.243 e. The van der Waals surface area contributed by atoms with E-state index in [9.17, 15) is 13.5 Å². The third kappa shape index (κ3) is 3.50. The molecule has 6 nitrogen and oxygen atoms in total. The lowest BCUT2D eigenvalue weighted by Gasteiger charge is -2.42. The minimum absolute atomic E-state index is 0.000315. The second kappa shape index (κ2) is 7.93. The Labute approximate surface area is 144 Å². The number of methoxy groups -OCH3 is 2. The second-order valence-corrected chi connectivity index (χ2v) is 8.09. The molecule has 0 aliphatic carbocycles. The van der Waals surface area contributed by atoms with Crippen LogP contribution in [0.4, 0.5) is 0 Å². The molecule has 2 rings (SSSR count). The maximum atomic E-state index is 13.2. The van der Waals surface area contributed by atoms with Crippen LogP contribution >= 0.6 is 0 Å². The highest BCUT2D eigenvalue weighted by Crippen LogP contribution is 2.41. The van der Waals surface area contributed by atoms with E-state index in [0.717, 1.165) is 12.0 Å².